The molecule has 7 nitrogen and oxygen atoms in total. The number of carbonyl (C=O) groups is 1. The number of benzene rings is 1. The zero-order valence-electron chi connectivity index (χ0n) is 11.4. The molecule has 1 aromatic carbocycles. The molecule has 2 aromatic rings. The van der Waals surface area contributed by atoms with E-state index in [1.165, 1.54) is 0 Å². The molecular formula is C13H17N5O2. The largest absolute Gasteiger partial charge is 0.391 e. The van der Waals surface area contributed by atoms with Gasteiger partial charge in [0.2, 0.25) is 5.82 Å². The number of hydrogen-bond acceptors (Lipinski definition) is 5. The fourth-order valence-corrected chi connectivity index (χ4v) is 1.59. The first-order chi connectivity index (χ1) is 9.58. The first-order valence-electron chi connectivity index (χ1n) is 6.38. The number of H-pyrrole nitrogens is 1. The lowest BCUT2D eigenvalue weighted by molar-refractivity contribution is 0.0871. The zero-order valence-corrected chi connectivity index (χ0v) is 11.4. The van der Waals surface area contributed by atoms with E-state index < -0.39 is 6.10 Å². The molecule has 0 aliphatic carbocycles. The Morgan fingerprint density at radius 3 is 2.60 bits per heavy atom. The van der Waals surface area contributed by atoms with E-state index in [2.05, 4.69) is 25.9 Å². The molecule has 7 heteroatoms. The third-order valence-electron chi connectivity index (χ3n) is 2.99. The van der Waals surface area contributed by atoms with Gasteiger partial charge in [-0.15, -0.1) is 10.2 Å². The van der Waals surface area contributed by atoms with Crippen LogP contribution < -0.4 is 5.32 Å². The van der Waals surface area contributed by atoms with Crippen molar-refractivity contribution in [1.82, 2.24) is 25.9 Å². The van der Waals surface area contributed by atoms with E-state index >= 15 is 0 Å². The number of carbonyl (C=O) groups excluding carboxylic acids is 1. The summed E-state index contributed by atoms with van der Waals surface area (Å²) >= 11 is 0. The van der Waals surface area contributed by atoms with Crippen LogP contribution in [0, 0.1) is 5.92 Å². The summed E-state index contributed by atoms with van der Waals surface area (Å²) in [7, 11) is 0. The Bertz CT molecular complexity index is 551. The summed E-state index contributed by atoms with van der Waals surface area (Å²) < 4.78 is 0. The van der Waals surface area contributed by atoms with Gasteiger partial charge < -0.3 is 10.4 Å². The molecule has 1 heterocycles. The van der Waals surface area contributed by atoms with E-state index in [1.54, 1.807) is 24.3 Å². The highest BCUT2D eigenvalue weighted by Crippen LogP contribution is 2.13. The lowest BCUT2D eigenvalue weighted by Crippen LogP contribution is -2.34. The normalized spacial score (nSPS) is 12.4. The predicted molar refractivity (Wildman–Crippen MR) is 72.8 cm³/mol. The highest BCUT2D eigenvalue weighted by molar-refractivity contribution is 5.94. The van der Waals surface area contributed by atoms with Gasteiger partial charge in [-0.3, -0.25) is 4.79 Å². The van der Waals surface area contributed by atoms with Crippen LogP contribution in [0.5, 0.6) is 0 Å². The molecule has 0 saturated carbocycles. The summed E-state index contributed by atoms with van der Waals surface area (Å²) in [5, 5.41) is 25.9. The average Bonchev–Trinajstić information content (AvgIpc) is 2.98. The van der Waals surface area contributed by atoms with Gasteiger partial charge in [0.05, 0.1) is 6.10 Å². The monoisotopic (exact) mass is 275 g/mol. The van der Waals surface area contributed by atoms with Gasteiger partial charge in [-0.1, -0.05) is 26.0 Å². The van der Waals surface area contributed by atoms with Crippen LogP contribution in [0.25, 0.3) is 11.4 Å². The molecule has 0 aliphatic heterocycles. The molecule has 3 N–H and O–H groups in total. The number of amides is 1. The maximum Gasteiger partial charge on any atom is 0.251 e. The minimum Gasteiger partial charge on any atom is -0.391 e. The number of aromatic nitrogens is 4. The highest BCUT2D eigenvalue weighted by atomic mass is 16.3. The van der Waals surface area contributed by atoms with Crippen molar-refractivity contribution in [3.05, 3.63) is 29.8 Å². The molecular weight excluding hydrogens is 258 g/mol. The summed E-state index contributed by atoms with van der Waals surface area (Å²) in [6.07, 6.45) is -0.544. The van der Waals surface area contributed by atoms with Crippen LogP contribution in [0.2, 0.25) is 0 Å². The van der Waals surface area contributed by atoms with Crippen LogP contribution in [-0.2, 0) is 0 Å². The van der Waals surface area contributed by atoms with Crippen molar-refractivity contribution in [2.75, 3.05) is 6.54 Å². The number of aliphatic hydroxyl groups excluding tert-OH is 1. The molecule has 1 atom stereocenters. The molecule has 0 aliphatic rings. The summed E-state index contributed by atoms with van der Waals surface area (Å²) in [4.78, 5) is 11.9. The Kier molecular flexibility index (Phi) is 4.41. The van der Waals surface area contributed by atoms with Crippen molar-refractivity contribution in [1.29, 1.82) is 0 Å². The van der Waals surface area contributed by atoms with Crippen LogP contribution in [0.4, 0.5) is 0 Å². The average molecular weight is 275 g/mol. The van der Waals surface area contributed by atoms with Crippen LogP contribution in [-0.4, -0.2) is 44.3 Å². The third-order valence-corrected chi connectivity index (χ3v) is 2.99. The Morgan fingerprint density at radius 2 is 2.05 bits per heavy atom. The second-order valence-corrected chi connectivity index (χ2v) is 4.83. The van der Waals surface area contributed by atoms with E-state index in [9.17, 15) is 9.90 Å². The number of nitrogens with one attached hydrogen (secondary N) is 2. The summed E-state index contributed by atoms with van der Waals surface area (Å²) in [6, 6.07) is 6.86. The summed E-state index contributed by atoms with van der Waals surface area (Å²) in [5.74, 6) is 0.368. The molecule has 20 heavy (non-hydrogen) atoms. The number of rotatable bonds is 5. The fourth-order valence-electron chi connectivity index (χ4n) is 1.59. The first kappa shape index (κ1) is 14.1. The number of nitrogens with zero attached hydrogens (tertiary/aromatic N) is 3. The van der Waals surface area contributed by atoms with Crippen molar-refractivity contribution < 1.29 is 9.90 Å². The third kappa shape index (κ3) is 3.39. The maximum absolute atomic E-state index is 11.9. The Hall–Kier alpha value is -2.28. The Labute approximate surface area is 116 Å². The first-order valence-corrected chi connectivity index (χ1v) is 6.38. The number of aliphatic hydroxyl groups is 1. The fraction of sp³-hybridized carbons (Fsp3) is 0.385. The van der Waals surface area contributed by atoms with Gasteiger partial charge in [-0.2, -0.15) is 5.21 Å². The van der Waals surface area contributed by atoms with Gasteiger partial charge in [-0.05, 0) is 23.3 Å². The standard InChI is InChI=1S/C13H17N5O2/c1-8(2)11(19)7-14-13(20)10-5-3-9(4-6-10)12-15-17-18-16-12/h3-6,8,11,19H,7H2,1-2H3,(H,14,20)(H,15,16,17,18). The summed E-state index contributed by atoms with van der Waals surface area (Å²) in [5.41, 5.74) is 1.30. The van der Waals surface area contributed by atoms with Gasteiger partial charge in [-0.25, -0.2) is 0 Å². The van der Waals surface area contributed by atoms with Crippen molar-refractivity contribution in [2.45, 2.75) is 20.0 Å². The second-order valence-electron chi connectivity index (χ2n) is 4.83. The molecule has 1 amide bonds. The lowest BCUT2D eigenvalue weighted by atomic mass is 10.1. The quantitative estimate of drug-likeness (QED) is 0.742. The second kappa shape index (κ2) is 6.25. The molecule has 0 bridgehead atoms. The molecule has 0 radical (unpaired) electrons. The van der Waals surface area contributed by atoms with Gasteiger partial charge in [0, 0.05) is 17.7 Å². The van der Waals surface area contributed by atoms with Crippen molar-refractivity contribution in [3.8, 4) is 11.4 Å². The molecule has 0 fully saturated rings. The Balaban J connectivity index is 1.98. The maximum atomic E-state index is 11.9. The van der Waals surface area contributed by atoms with Gasteiger partial charge >= 0.3 is 0 Å². The van der Waals surface area contributed by atoms with Crippen LogP contribution in [0.1, 0.15) is 24.2 Å². The van der Waals surface area contributed by atoms with E-state index in [0.29, 0.717) is 11.4 Å². The van der Waals surface area contributed by atoms with Gasteiger partial charge in [0.1, 0.15) is 0 Å². The molecule has 1 unspecified atom stereocenters. The molecule has 0 spiro atoms. The van der Waals surface area contributed by atoms with Crippen molar-refractivity contribution in [3.63, 3.8) is 0 Å². The molecule has 0 saturated heterocycles. The van der Waals surface area contributed by atoms with Crippen molar-refractivity contribution >= 4 is 5.91 Å². The summed E-state index contributed by atoms with van der Waals surface area (Å²) in [6.45, 7) is 4.04. The Morgan fingerprint density at radius 1 is 1.35 bits per heavy atom. The molecule has 1 aromatic heterocycles. The SMILES string of the molecule is CC(C)C(O)CNC(=O)c1ccc(-c2nn[nH]n2)cc1. The van der Waals surface area contributed by atoms with Crippen LogP contribution in [0.3, 0.4) is 0 Å². The molecule has 106 valence electrons. The molecule has 2 rings (SSSR count). The van der Waals surface area contributed by atoms with Crippen molar-refractivity contribution in [2.24, 2.45) is 5.92 Å². The van der Waals surface area contributed by atoms with E-state index in [-0.39, 0.29) is 18.4 Å². The van der Waals surface area contributed by atoms with E-state index in [1.807, 2.05) is 13.8 Å². The minimum absolute atomic E-state index is 0.107. The van der Waals surface area contributed by atoms with Gasteiger partial charge in [0.15, 0.2) is 0 Å². The lowest BCUT2D eigenvalue weighted by Gasteiger charge is -2.15. The number of aromatic amines is 1. The van der Waals surface area contributed by atoms with Gasteiger partial charge in [0.25, 0.3) is 5.91 Å². The van der Waals surface area contributed by atoms with Crippen LogP contribution in [0.15, 0.2) is 24.3 Å². The predicted octanol–water partition coefficient (Wildman–Crippen LogP) is 0.613. The topological polar surface area (TPSA) is 104 Å². The van der Waals surface area contributed by atoms with E-state index in [0.717, 1.165) is 5.56 Å². The smallest absolute Gasteiger partial charge is 0.251 e. The minimum atomic E-state index is -0.544. The van der Waals surface area contributed by atoms with E-state index in [4.69, 9.17) is 0 Å². The number of tetrazole rings is 1. The highest BCUT2D eigenvalue weighted by Gasteiger charge is 2.12. The van der Waals surface area contributed by atoms with Crippen LogP contribution >= 0.6 is 0 Å². The zero-order chi connectivity index (χ0) is 14.5. The number of hydrogen-bond donors (Lipinski definition) is 3.